The predicted octanol–water partition coefficient (Wildman–Crippen LogP) is 3.29. The molecule has 2 aromatic rings. The molecule has 0 spiro atoms. The second kappa shape index (κ2) is 4.94. The molecular formula is C15H13NOS. The number of nitrogens with zero attached hydrogens (tertiary/aromatic N) is 1. The Bertz CT molecular complexity index is 615. The Morgan fingerprint density at radius 3 is 2.83 bits per heavy atom. The molecule has 0 amide bonds. The highest BCUT2D eigenvalue weighted by Gasteiger charge is 2.23. The van der Waals surface area contributed by atoms with Gasteiger partial charge in [-0.3, -0.25) is 9.79 Å². The number of hydrogen-bond acceptors (Lipinski definition) is 3. The van der Waals surface area contributed by atoms with Crippen LogP contribution in [0.4, 0.5) is 0 Å². The van der Waals surface area contributed by atoms with E-state index < -0.39 is 0 Å². The molecule has 0 radical (unpaired) electrons. The van der Waals surface area contributed by atoms with Gasteiger partial charge in [-0.1, -0.05) is 42.5 Å². The molecule has 0 N–H and O–H groups in total. The van der Waals surface area contributed by atoms with Gasteiger partial charge < -0.3 is 0 Å². The maximum Gasteiger partial charge on any atom is 0.168 e. The first kappa shape index (κ1) is 11.5. The van der Waals surface area contributed by atoms with E-state index in [4.69, 9.17) is 0 Å². The lowest BCUT2D eigenvalue weighted by Crippen LogP contribution is -2.07. The monoisotopic (exact) mass is 255 g/mol. The number of ketones is 1. The van der Waals surface area contributed by atoms with Crippen LogP contribution in [0.3, 0.4) is 0 Å². The van der Waals surface area contributed by atoms with Crippen molar-refractivity contribution >= 4 is 34.5 Å². The average Bonchev–Trinajstić information content (AvgIpc) is 2.82. The first-order chi connectivity index (χ1) is 8.84. The van der Waals surface area contributed by atoms with E-state index in [0.717, 1.165) is 11.3 Å². The quantitative estimate of drug-likeness (QED) is 0.771. The summed E-state index contributed by atoms with van der Waals surface area (Å²) in [4.78, 5) is 15.9. The largest absolute Gasteiger partial charge is 0.296 e. The molecule has 1 fully saturated rings. The number of benzene rings is 2. The highest BCUT2D eigenvalue weighted by atomic mass is 32.2. The Morgan fingerprint density at radius 1 is 1.17 bits per heavy atom. The molecule has 2 aromatic carbocycles. The number of carbonyl (C=O) groups is 1. The SMILES string of the molecule is O=C1CCSC1N=Cc1cccc2ccccc12. The van der Waals surface area contributed by atoms with Crippen LogP contribution in [0, 0.1) is 0 Å². The van der Waals surface area contributed by atoms with E-state index >= 15 is 0 Å². The Hall–Kier alpha value is -1.61. The summed E-state index contributed by atoms with van der Waals surface area (Å²) in [6, 6.07) is 14.4. The minimum atomic E-state index is -0.191. The van der Waals surface area contributed by atoms with Gasteiger partial charge in [0.15, 0.2) is 11.2 Å². The summed E-state index contributed by atoms with van der Waals surface area (Å²) in [5.41, 5.74) is 1.08. The van der Waals surface area contributed by atoms with E-state index in [2.05, 4.69) is 23.2 Å². The first-order valence-electron chi connectivity index (χ1n) is 6.00. The Labute approximate surface area is 110 Å². The van der Waals surface area contributed by atoms with E-state index in [1.165, 1.54) is 10.8 Å². The third kappa shape index (κ3) is 2.18. The number of aliphatic imine (C=N–C) groups is 1. The lowest BCUT2D eigenvalue weighted by atomic mass is 10.1. The number of Topliss-reactive ketones (excluding diaryl/α,β-unsaturated/α-hetero) is 1. The van der Waals surface area contributed by atoms with Crippen molar-refractivity contribution in [2.45, 2.75) is 11.8 Å². The minimum absolute atomic E-state index is 0.191. The number of fused-ring (bicyclic) bond motifs is 1. The van der Waals surface area contributed by atoms with Crippen molar-refractivity contribution in [2.75, 3.05) is 5.75 Å². The van der Waals surface area contributed by atoms with Gasteiger partial charge in [0.1, 0.15) is 0 Å². The summed E-state index contributed by atoms with van der Waals surface area (Å²) in [5.74, 6) is 1.15. The van der Waals surface area contributed by atoms with Gasteiger partial charge in [0.25, 0.3) is 0 Å². The van der Waals surface area contributed by atoms with Gasteiger partial charge in [0.2, 0.25) is 0 Å². The van der Waals surface area contributed by atoms with E-state index in [0.29, 0.717) is 6.42 Å². The summed E-state index contributed by atoms with van der Waals surface area (Å²) in [7, 11) is 0. The van der Waals surface area contributed by atoms with Crippen molar-refractivity contribution in [3.8, 4) is 0 Å². The van der Waals surface area contributed by atoms with Crippen LogP contribution in [0.5, 0.6) is 0 Å². The van der Waals surface area contributed by atoms with Gasteiger partial charge in [-0.25, -0.2) is 0 Å². The number of thioether (sulfide) groups is 1. The Balaban J connectivity index is 1.95. The van der Waals surface area contributed by atoms with E-state index in [1.54, 1.807) is 11.8 Å². The minimum Gasteiger partial charge on any atom is -0.296 e. The standard InChI is InChI=1S/C15H13NOS/c17-14-8-9-18-15(14)16-10-12-6-3-5-11-4-1-2-7-13(11)12/h1-7,10,15H,8-9H2. The third-order valence-electron chi connectivity index (χ3n) is 3.07. The van der Waals surface area contributed by atoms with Crippen LogP contribution in [-0.4, -0.2) is 23.1 Å². The van der Waals surface area contributed by atoms with Crippen LogP contribution in [0.15, 0.2) is 47.5 Å². The molecule has 0 saturated carbocycles. The molecule has 3 heteroatoms. The van der Waals surface area contributed by atoms with Crippen molar-refractivity contribution in [1.29, 1.82) is 0 Å². The highest BCUT2D eigenvalue weighted by Crippen LogP contribution is 2.24. The molecule has 1 saturated heterocycles. The zero-order chi connectivity index (χ0) is 12.4. The topological polar surface area (TPSA) is 29.4 Å². The first-order valence-corrected chi connectivity index (χ1v) is 7.05. The molecule has 1 aliphatic heterocycles. The summed E-state index contributed by atoms with van der Waals surface area (Å²) < 4.78 is 0. The van der Waals surface area contributed by atoms with Crippen molar-refractivity contribution in [3.05, 3.63) is 48.0 Å². The second-order valence-corrected chi connectivity index (χ2v) is 5.47. The maximum absolute atomic E-state index is 11.5. The molecule has 0 aliphatic carbocycles. The van der Waals surface area contributed by atoms with Crippen LogP contribution in [0.2, 0.25) is 0 Å². The lowest BCUT2D eigenvalue weighted by molar-refractivity contribution is -0.117. The fourth-order valence-corrected chi connectivity index (χ4v) is 3.12. The van der Waals surface area contributed by atoms with Gasteiger partial charge in [-0.15, -0.1) is 11.8 Å². The maximum atomic E-state index is 11.5. The fourth-order valence-electron chi connectivity index (χ4n) is 2.12. The molecule has 1 heterocycles. The molecule has 1 unspecified atom stereocenters. The second-order valence-electron chi connectivity index (χ2n) is 4.29. The van der Waals surface area contributed by atoms with Crippen molar-refractivity contribution in [1.82, 2.24) is 0 Å². The third-order valence-corrected chi connectivity index (χ3v) is 4.21. The van der Waals surface area contributed by atoms with Crippen LogP contribution < -0.4 is 0 Å². The van der Waals surface area contributed by atoms with Crippen molar-refractivity contribution in [3.63, 3.8) is 0 Å². The van der Waals surface area contributed by atoms with Crippen LogP contribution in [0.1, 0.15) is 12.0 Å². The number of hydrogen-bond donors (Lipinski definition) is 0. The highest BCUT2D eigenvalue weighted by molar-refractivity contribution is 8.01. The normalized spacial score (nSPS) is 20.0. The average molecular weight is 255 g/mol. The van der Waals surface area contributed by atoms with Crippen molar-refractivity contribution < 1.29 is 4.79 Å². The molecule has 18 heavy (non-hydrogen) atoms. The molecule has 2 nitrogen and oxygen atoms in total. The molecule has 1 aliphatic rings. The summed E-state index contributed by atoms with van der Waals surface area (Å²) in [5, 5.41) is 2.19. The molecule has 1 atom stereocenters. The smallest absolute Gasteiger partial charge is 0.168 e. The van der Waals surface area contributed by atoms with Gasteiger partial charge in [-0.2, -0.15) is 0 Å². The molecule has 0 aromatic heterocycles. The molecule has 3 rings (SSSR count). The van der Waals surface area contributed by atoms with Crippen LogP contribution >= 0.6 is 11.8 Å². The van der Waals surface area contributed by atoms with E-state index in [1.807, 2.05) is 30.5 Å². The van der Waals surface area contributed by atoms with Gasteiger partial charge in [-0.05, 0) is 10.8 Å². The van der Waals surface area contributed by atoms with E-state index in [-0.39, 0.29) is 11.2 Å². The van der Waals surface area contributed by atoms with Crippen LogP contribution in [0.25, 0.3) is 10.8 Å². The van der Waals surface area contributed by atoms with Gasteiger partial charge in [0, 0.05) is 24.0 Å². The zero-order valence-corrected chi connectivity index (χ0v) is 10.7. The summed E-state index contributed by atoms with van der Waals surface area (Å²) in [6.07, 6.45) is 2.49. The summed E-state index contributed by atoms with van der Waals surface area (Å²) in [6.45, 7) is 0. The predicted molar refractivity (Wildman–Crippen MR) is 77.4 cm³/mol. The van der Waals surface area contributed by atoms with Gasteiger partial charge in [0.05, 0.1) is 0 Å². The fraction of sp³-hybridized carbons (Fsp3) is 0.200. The molecule has 0 bridgehead atoms. The Kier molecular flexibility index (Phi) is 3.15. The summed E-state index contributed by atoms with van der Waals surface area (Å²) >= 11 is 1.63. The van der Waals surface area contributed by atoms with Gasteiger partial charge >= 0.3 is 0 Å². The lowest BCUT2D eigenvalue weighted by Gasteiger charge is -2.03. The van der Waals surface area contributed by atoms with Crippen molar-refractivity contribution in [2.24, 2.45) is 4.99 Å². The number of carbonyl (C=O) groups excluding carboxylic acids is 1. The zero-order valence-electron chi connectivity index (χ0n) is 9.87. The molecule has 90 valence electrons. The van der Waals surface area contributed by atoms with E-state index in [9.17, 15) is 4.79 Å². The van der Waals surface area contributed by atoms with Crippen LogP contribution in [-0.2, 0) is 4.79 Å². The molecular weight excluding hydrogens is 242 g/mol. The number of rotatable bonds is 2. The Morgan fingerprint density at radius 2 is 2.00 bits per heavy atom.